The van der Waals surface area contributed by atoms with E-state index in [-0.39, 0.29) is 27.9 Å². The van der Waals surface area contributed by atoms with Crippen molar-refractivity contribution in [1.82, 2.24) is 0 Å². The molecule has 172 valence electrons. The van der Waals surface area contributed by atoms with E-state index in [4.69, 9.17) is 21.1 Å². The highest BCUT2D eigenvalue weighted by atomic mass is 127. The molecule has 0 radical (unpaired) electrons. The van der Waals surface area contributed by atoms with Gasteiger partial charge in [0, 0.05) is 18.6 Å². The minimum atomic E-state index is -0.661. The van der Waals surface area contributed by atoms with Gasteiger partial charge in [0.2, 0.25) is 5.90 Å². The van der Waals surface area contributed by atoms with Gasteiger partial charge in [-0.05, 0) is 80.6 Å². The average Bonchev–Trinajstić information content (AvgIpc) is 3.16. The van der Waals surface area contributed by atoms with Crippen LogP contribution in [0, 0.1) is 17.3 Å². The highest BCUT2D eigenvalue weighted by Gasteiger charge is 2.27. The number of aliphatic imine (C=N–C) groups is 1. The van der Waals surface area contributed by atoms with Crippen molar-refractivity contribution in [2.45, 2.75) is 6.42 Å². The van der Waals surface area contributed by atoms with Gasteiger partial charge >= 0.3 is 5.97 Å². The van der Waals surface area contributed by atoms with Crippen LogP contribution in [0.25, 0.3) is 6.08 Å². The van der Waals surface area contributed by atoms with Crippen LogP contribution in [-0.2, 0) is 16.0 Å². The highest BCUT2D eigenvalue weighted by Crippen LogP contribution is 2.31. The Morgan fingerprint density at radius 1 is 1.09 bits per heavy atom. The predicted octanol–water partition coefficient (Wildman–Crippen LogP) is 6.42. The summed E-state index contributed by atoms with van der Waals surface area (Å²) in [6.45, 7) is 0.542. The Hall–Kier alpha value is -2.51. The fourth-order valence-corrected chi connectivity index (χ4v) is 5.52. The number of ether oxygens (including phenoxy) is 2. The number of rotatable bonds is 7. The van der Waals surface area contributed by atoms with Crippen molar-refractivity contribution < 1.29 is 19.2 Å². The van der Waals surface area contributed by atoms with E-state index >= 15 is 0 Å². The Bertz CT molecular complexity index is 1320. The predicted molar refractivity (Wildman–Crippen MR) is 146 cm³/mol. The van der Waals surface area contributed by atoms with Crippen molar-refractivity contribution >= 4 is 80.4 Å². The zero-order chi connectivity index (χ0) is 24.2. The number of benzene rings is 3. The Kier molecular flexibility index (Phi) is 7.84. The Labute approximate surface area is 227 Å². The summed E-state index contributed by atoms with van der Waals surface area (Å²) in [5.74, 6) is 0.0434. The van der Waals surface area contributed by atoms with E-state index in [9.17, 15) is 14.9 Å². The summed E-state index contributed by atoms with van der Waals surface area (Å²) in [6.07, 6.45) is 2.39. The molecule has 10 heteroatoms. The molecule has 0 saturated heterocycles. The second-order valence-electron chi connectivity index (χ2n) is 7.16. The van der Waals surface area contributed by atoms with Crippen LogP contribution >= 0.6 is 56.8 Å². The number of halogens is 3. The van der Waals surface area contributed by atoms with Crippen LogP contribution in [0.1, 0.15) is 16.7 Å². The van der Waals surface area contributed by atoms with Gasteiger partial charge in [-0.2, -0.15) is 0 Å². The van der Waals surface area contributed by atoms with Crippen LogP contribution in [0.5, 0.6) is 5.75 Å². The quantitative estimate of drug-likeness (QED) is 0.0933. The number of non-ortho nitro benzene ring substituents is 1. The number of nitro benzene ring substituents is 1. The van der Waals surface area contributed by atoms with E-state index in [2.05, 4.69) is 62.3 Å². The van der Waals surface area contributed by atoms with E-state index in [1.807, 2.05) is 30.3 Å². The SMILES string of the molecule is O=C1OC(c2cc([N+](=O)[O-])ccc2Cl)=N/C1=C\c1cc(I)c(OCCc2ccccc2)c(I)c1. The van der Waals surface area contributed by atoms with Crippen molar-refractivity contribution in [2.24, 2.45) is 4.99 Å². The van der Waals surface area contributed by atoms with Crippen molar-refractivity contribution in [3.8, 4) is 5.75 Å². The van der Waals surface area contributed by atoms with Crippen LogP contribution < -0.4 is 4.74 Å². The lowest BCUT2D eigenvalue weighted by Crippen LogP contribution is -2.06. The third kappa shape index (κ3) is 5.76. The normalized spacial score (nSPS) is 14.1. The molecule has 34 heavy (non-hydrogen) atoms. The van der Waals surface area contributed by atoms with Crippen molar-refractivity contribution in [2.75, 3.05) is 6.61 Å². The molecule has 3 aromatic carbocycles. The largest absolute Gasteiger partial charge is 0.491 e. The van der Waals surface area contributed by atoms with E-state index < -0.39 is 10.9 Å². The van der Waals surface area contributed by atoms with Gasteiger partial charge in [0.25, 0.3) is 5.69 Å². The summed E-state index contributed by atoms with van der Waals surface area (Å²) in [5, 5.41) is 11.3. The van der Waals surface area contributed by atoms with E-state index in [1.54, 1.807) is 6.08 Å². The molecule has 0 fully saturated rings. The van der Waals surface area contributed by atoms with Crippen LogP contribution in [0.3, 0.4) is 0 Å². The summed E-state index contributed by atoms with van der Waals surface area (Å²) in [6, 6.07) is 17.7. The van der Waals surface area contributed by atoms with Crippen LogP contribution in [0.2, 0.25) is 5.02 Å². The summed E-state index contributed by atoms with van der Waals surface area (Å²) in [5.41, 5.74) is 2.01. The zero-order valence-corrected chi connectivity index (χ0v) is 22.4. The Morgan fingerprint density at radius 2 is 1.79 bits per heavy atom. The van der Waals surface area contributed by atoms with Gasteiger partial charge in [-0.25, -0.2) is 9.79 Å². The number of carbonyl (C=O) groups excluding carboxylic acids is 1. The zero-order valence-electron chi connectivity index (χ0n) is 17.3. The standard InChI is InChI=1S/C24H15ClI2N2O5/c25-18-7-6-16(29(31)32)13-17(18)23-28-21(24(30)34-23)12-15-10-19(26)22(20(27)11-15)33-9-8-14-4-2-1-3-5-14/h1-7,10-13H,8-9H2/b21-12-. The smallest absolute Gasteiger partial charge is 0.363 e. The van der Waals surface area contributed by atoms with Gasteiger partial charge < -0.3 is 9.47 Å². The average molecular weight is 701 g/mol. The molecule has 4 rings (SSSR count). The molecule has 0 bridgehead atoms. The molecular weight excluding hydrogens is 686 g/mol. The number of nitro groups is 1. The maximum Gasteiger partial charge on any atom is 0.363 e. The summed E-state index contributed by atoms with van der Waals surface area (Å²) >= 11 is 10.5. The molecule has 0 aliphatic carbocycles. The first kappa shape index (κ1) is 24.6. The first-order valence-electron chi connectivity index (χ1n) is 9.94. The van der Waals surface area contributed by atoms with Gasteiger partial charge in [0.1, 0.15) is 5.75 Å². The van der Waals surface area contributed by atoms with Crippen molar-refractivity contribution in [3.05, 3.63) is 105 Å². The molecule has 1 aliphatic heterocycles. The van der Waals surface area contributed by atoms with Crippen molar-refractivity contribution in [3.63, 3.8) is 0 Å². The van der Waals surface area contributed by atoms with E-state index in [0.717, 1.165) is 24.9 Å². The molecule has 3 aromatic rings. The maximum absolute atomic E-state index is 12.4. The van der Waals surface area contributed by atoms with Gasteiger partial charge in [0.05, 0.1) is 29.3 Å². The summed E-state index contributed by atoms with van der Waals surface area (Å²) in [7, 11) is 0. The second-order valence-corrected chi connectivity index (χ2v) is 9.89. The number of hydrogen-bond donors (Lipinski definition) is 0. The number of cyclic esters (lactones) is 1. The van der Waals surface area contributed by atoms with E-state index in [1.165, 1.54) is 23.8 Å². The molecule has 0 spiro atoms. The minimum Gasteiger partial charge on any atom is -0.491 e. The number of carbonyl (C=O) groups is 1. The monoisotopic (exact) mass is 700 g/mol. The first-order valence-corrected chi connectivity index (χ1v) is 12.5. The van der Waals surface area contributed by atoms with Crippen LogP contribution in [0.4, 0.5) is 5.69 Å². The molecule has 0 N–H and O–H groups in total. The first-order chi connectivity index (χ1) is 16.3. The molecule has 0 saturated carbocycles. The number of esters is 1. The lowest BCUT2D eigenvalue weighted by Gasteiger charge is -2.11. The molecule has 7 nitrogen and oxygen atoms in total. The maximum atomic E-state index is 12.4. The molecular formula is C24H15ClI2N2O5. The molecule has 0 unspecified atom stereocenters. The summed E-state index contributed by atoms with van der Waals surface area (Å²) in [4.78, 5) is 27.1. The molecule has 0 atom stereocenters. The lowest BCUT2D eigenvalue weighted by atomic mass is 10.1. The minimum absolute atomic E-state index is 0.0712. The Morgan fingerprint density at radius 3 is 2.47 bits per heavy atom. The van der Waals surface area contributed by atoms with E-state index in [0.29, 0.717) is 6.61 Å². The summed E-state index contributed by atoms with van der Waals surface area (Å²) < 4.78 is 13.0. The molecule has 1 aliphatic rings. The third-order valence-corrected chi connectivity index (χ3v) is 6.75. The Balaban J connectivity index is 1.54. The second kappa shape index (κ2) is 10.8. The third-order valence-electron chi connectivity index (χ3n) is 4.82. The molecule has 1 heterocycles. The lowest BCUT2D eigenvalue weighted by molar-refractivity contribution is -0.384. The number of hydrogen-bond acceptors (Lipinski definition) is 6. The van der Waals surface area contributed by atoms with Crippen LogP contribution in [-0.4, -0.2) is 23.4 Å². The van der Waals surface area contributed by atoms with Gasteiger partial charge in [-0.3, -0.25) is 10.1 Å². The van der Waals surface area contributed by atoms with Gasteiger partial charge in [0.15, 0.2) is 5.70 Å². The van der Waals surface area contributed by atoms with Crippen LogP contribution in [0.15, 0.2) is 71.4 Å². The fraction of sp³-hybridized carbons (Fsp3) is 0.0833. The molecule has 0 aromatic heterocycles. The van der Waals surface area contributed by atoms with Crippen molar-refractivity contribution in [1.29, 1.82) is 0 Å². The molecule has 0 amide bonds. The fourth-order valence-electron chi connectivity index (χ4n) is 3.19. The highest BCUT2D eigenvalue weighted by molar-refractivity contribution is 14.1. The van der Waals surface area contributed by atoms with Gasteiger partial charge in [-0.1, -0.05) is 41.9 Å². The topological polar surface area (TPSA) is 91.0 Å². The van der Waals surface area contributed by atoms with Gasteiger partial charge in [-0.15, -0.1) is 0 Å². The number of nitrogens with zero attached hydrogens (tertiary/aromatic N) is 2.